The minimum atomic E-state index is -4.62. The van der Waals surface area contributed by atoms with Gasteiger partial charge in [-0.25, -0.2) is 4.57 Å². The Bertz CT molecular complexity index is 577. The Hall–Kier alpha value is -0.720. The molecule has 0 rings (SSSR count). The summed E-state index contributed by atoms with van der Waals surface area (Å²) >= 11 is 0. The van der Waals surface area contributed by atoms with Crippen LogP contribution in [0.25, 0.3) is 0 Å². The van der Waals surface area contributed by atoms with Crippen molar-refractivity contribution < 1.29 is 33.5 Å². The minimum absolute atomic E-state index is 0.292. The molecular weight excluding hydrogens is 491 g/mol. The molecule has 7 nitrogen and oxygen atoms in total. The van der Waals surface area contributed by atoms with Crippen LogP contribution in [-0.4, -0.2) is 40.2 Å². The molecule has 0 bridgehead atoms. The highest BCUT2D eigenvalue weighted by Gasteiger charge is 2.17. The van der Waals surface area contributed by atoms with Crippen LogP contribution in [0.4, 0.5) is 0 Å². The number of esters is 1. The molecule has 0 aliphatic rings. The summed E-state index contributed by atoms with van der Waals surface area (Å²) < 4.78 is 19.6. The summed E-state index contributed by atoms with van der Waals surface area (Å²) in [7, 11) is -4.62. The molecule has 0 spiro atoms. The maximum Gasteiger partial charge on any atom is 0.469 e. The number of aliphatic hydroxyl groups is 1. The van der Waals surface area contributed by atoms with Crippen LogP contribution in [0.15, 0.2) is 12.2 Å². The van der Waals surface area contributed by atoms with Crippen molar-refractivity contribution in [3.8, 4) is 0 Å². The van der Waals surface area contributed by atoms with E-state index in [0.29, 0.717) is 6.42 Å². The Kier molecular flexibility index (Phi) is 26.3. The van der Waals surface area contributed by atoms with Crippen molar-refractivity contribution in [3.05, 3.63) is 12.2 Å². The lowest BCUT2D eigenvalue weighted by Crippen LogP contribution is -2.23. The van der Waals surface area contributed by atoms with Crippen molar-refractivity contribution in [1.29, 1.82) is 0 Å². The van der Waals surface area contributed by atoms with Crippen molar-refractivity contribution in [2.75, 3.05) is 13.2 Å². The van der Waals surface area contributed by atoms with E-state index >= 15 is 0 Å². The van der Waals surface area contributed by atoms with Crippen molar-refractivity contribution in [1.82, 2.24) is 0 Å². The minimum Gasteiger partial charge on any atom is -0.463 e. The molecule has 0 aromatic rings. The van der Waals surface area contributed by atoms with Crippen molar-refractivity contribution in [2.45, 2.75) is 154 Å². The second kappa shape index (κ2) is 26.9. The quantitative estimate of drug-likeness (QED) is 0.0391. The fourth-order valence-corrected chi connectivity index (χ4v) is 4.61. The van der Waals surface area contributed by atoms with Gasteiger partial charge in [0.15, 0.2) is 0 Å². The number of carbonyl (C=O) groups excluding carboxylic acids is 1. The Morgan fingerprint density at radius 1 is 0.676 bits per heavy atom. The molecule has 220 valence electrons. The first kappa shape index (κ1) is 36.3. The van der Waals surface area contributed by atoms with E-state index in [1.54, 1.807) is 0 Å². The molecule has 0 amide bonds. The first-order valence-electron chi connectivity index (χ1n) is 15.0. The van der Waals surface area contributed by atoms with Gasteiger partial charge in [-0.3, -0.25) is 9.32 Å². The number of hydrogen-bond donors (Lipinski definition) is 3. The van der Waals surface area contributed by atoms with E-state index < -0.39 is 26.5 Å². The summed E-state index contributed by atoms with van der Waals surface area (Å²) in [4.78, 5) is 28.7. The van der Waals surface area contributed by atoms with Gasteiger partial charge in [0.05, 0.1) is 6.61 Å². The van der Waals surface area contributed by atoms with Gasteiger partial charge in [-0.1, -0.05) is 122 Å². The average molecular weight is 549 g/mol. The fraction of sp³-hybridized carbons (Fsp3) is 0.897. The highest BCUT2D eigenvalue weighted by atomic mass is 31.2. The second-order valence-corrected chi connectivity index (χ2v) is 11.5. The van der Waals surface area contributed by atoms with Crippen LogP contribution in [0.5, 0.6) is 0 Å². The molecule has 0 saturated carbocycles. The molecule has 0 aromatic heterocycles. The van der Waals surface area contributed by atoms with Gasteiger partial charge in [-0.15, -0.1) is 0 Å². The molecule has 3 N–H and O–H groups in total. The summed E-state index contributed by atoms with van der Waals surface area (Å²) in [6.07, 6.45) is 30.6. The van der Waals surface area contributed by atoms with Gasteiger partial charge in [0.25, 0.3) is 0 Å². The lowest BCUT2D eigenvalue weighted by Gasteiger charge is -2.12. The highest BCUT2D eigenvalue weighted by Crippen LogP contribution is 2.35. The zero-order valence-corrected chi connectivity index (χ0v) is 24.5. The van der Waals surface area contributed by atoms with Gasteiger partial charge in [-0.05, 0) is 32.1 Å². The molecule has 1 atom stereocenters. The molecule has 0 radical (unpaired) electrons. The van der Waals surface area contributed by atoms with E-state index in [0.717, 1.165) is 19.3 Å². The number of hydrogen-bond acceptors (Lipinski definition) is 5. The molecule has 0 heterocycles. The molecular formula is C29H57O7P. The summed E-state index contributed by atoms with van der Waals surface area (Å²) in [5.41, 5.74) is 0. The van der Waals surface area contributed by atoms with Crippen molar-refractivity contribution in [2.24, 2.45) is 0 Å². The summed E-state index contributed by atoms with van der Waals surface area (Å²) in [6.45, 7) is 1.37. The largest absolute Gasteiger partial charge is 0.469 e. The SMILES string of the molecule is CCCCCCCCCC/C=C\CCCCCCCCCCCCCC(=O)OCC(O)COP(=O)(O)O. The summed E-state index contributed by atoms with van der Waals surface area (Å²) in [5.74, 6) is -0.408. The third-order valence-corrected chi connectivity index (χ3v) is 7.00. The Balaban J connectivity index is 3.27. The van der Waals surface area contributed by atoms with Gasteiger partial charge in [0.2, 0.25) is 0 Å². The van der Waals surface area contributed by atoms with Crippen LogP contribution >= 0.6 is 7.82 Å². The van der Waals surface area contributed by atoms with Crippen LogP contribution in [-0.2, 0) is 18.6 Å². The van der Waals surface area contributed by atoms with Gasteiger partial charge in [0, 0.05) is 6.42 Å². The predicted molar refractivity (Wildman–Crippen MR) is 151 cm³/mol. The third kappa shape index (κ3) is 31.4. The van der Waals surface area contributed by atoms with Gasteiger partial charge < -0.3 is 19.6 Å². The van der Waals surface area contributed by atoms with Gasteiger partial charge >= 0.3 is 13.8 Å². The Morgan fingerprint density at radius 3 is 1.51 bits per heavy atom. The number of carbonyl (C=O) groups is 1. The molecule has 1 unspecified atom stereocenters. The molecule has 37 heavy (non-hydrogen) atoms. The zero-order chi connectivity index (χ0) is 27.5. The number of allylic oxidation sites excluding steroid dienone is 2. The molecule has 0 fully saturated rings. The van der Waals surface area contributed by atoms with E-state index in [-0.39, 0.29) is 6.61 Å². The van der Waals surface area contributed by atoms with Crippen LogP contribution in [0.2, 0.25) is 0 Å². The van der Waals surface area contributed by atoms with E-state index in [9.17, 15) is 14.5 Å². The number of aliphatic hydroxyl groups excluding tert-OH is 1. The fourth-order valence-electron chi connectivity index (χ4n) is 4.25. The summed E-state index contributed by atoms with van der Waals surface area (Å²) in [5, 5.41) is 9.47. The van der Waals surface area contributed by atoms with E-state index in [4.69, 9.17) is 14.5 Å². The van der Waals surface area contributed by atoms with E-state index in [2.05, 4.69) is 23.6 Å². The number of phosphoric acid groups is 1. The highest BCUT2D eigenvalue weighted by molar-refractivity contribution is 7.46. The van der Waals surface area contributed by atoms with Crippen molar-refractivity contribution >= 4 is 13.8 Å². The number of unbranched alkanes of at least 4 members (excludes halogenated alkanes) is 19. The smallest absolute Gasteiger partial charge is 0.463 e. The average Bonchev–Trinajstić information content (AvgIpc) is 2.86. The van der Waals surface area contributed by atoms with E-state index in [1.165, 1.54) is 116 Å². The third-order valence-electron chi connectivity index (χ3n) is 6.51. The molecule has 0 saturated heterocycles. The predicted octanol–water partition coefficient (Wildman–Crippen LogP) is 8.16. The van der Waals surface area contributed by atoms with Crippen LogP contribution in [0, 0.1) is 0 Å². The lowest BCUT2D eigenvalue weighted by molar-refractivity contribution is -0.147. The first-order valence-corrected chi connectivity index (χ1v) is 16.6. The Labute approximate surface area is 227 Å². The van der Waals surface area contributed by atoms with Gasteiger partial charge in [-0.2, -0.15) is 0 Å². The lowest BCUT2D eigenvalue weighted by atomic mass is 10.0. The second-order valence-electron chi connectivity index (χ2n) is 10.3. The molecule has 0 aromatic carbocycles. The first-order chi connectivity index (χ1) is 17.8. The summed E-state index contributed by atoms with van der Waals surface area (Å²) in [6, 6.07) is 0. The van der Waals surface area contributed by atoms with E-state index in [1.807, 2.05) is 0 Å². The maximum atomic E-state index is 11.6. The Morgan fingerprint density at radius 2 is 1.08 bits per heavy atom. The van der Waals surface area contributed by atoms with Crippen LogP contribution < -0.4 is 0 Å². The number of phosphoric ester groups is 1. The molecule has 0 aliphatic heterocycles. The number of rotatable bonds is 28. The maximum absolute atomic E-state index is 11.6. The monoisotopic (exact) mass is 548 g/mol. The topological polar surface area (TPSA) is 113 Å². The van der Waals surface area contributed by atoms with Gasteiger partial charge in [0.1, 0.15) is 12.7 Å². The normalized spacial score (nSPS) is 12.9. The van der Waals surface area contributed by atoms with Crippen molar-refractivity contribution in [3.63, 3.8) is 0 Å². The standard InChI is InChI=1S/C29H57O7P/c1-2-3-4-5-6-7-8-9-10-11-12-13-14-15-16-17-18-19-20-21-22-23-24-25-29(31)35-26-28(30)27-36-37(32,33)34/h11-12,28,30H,2-10,13-27H2,1H3,(H2,32,33,34)/b12-11-. The molecule has 0 aliphatic carbocycles. The molecule has 8 heteroatoms. The van der Waals surface area contributed by atoms with Crippen LogP contribution in [0.3, 0.4) is 0 Å². The zero-order valence-electron chi connectivity index (χ0n) is 23.6. The van der Waals surface area contributed by atoms with Crippen LogP contribution in [0.1, 0.15) is 148 Å². The number of ether oxygens (including phenoxy) is 1.